The summed E-state index contributed by atoms with van der Waals surface area (Å²) in [7, 11) is -2.96. The molecule has 0 aliphatic carbocycles. The van der Waals surface area contributed by atoms with E-state index in [0.29, 0.717) is 19.5 Å². The van der Waals surface area contributed by atoms with Gasteiger partial charge in [0.15, 0.2) is 9.84 Å². The van der Waals surface area contributed by atoms with Crippen LogP contribution in [0.5, 0.6) is 0 Å². The first-order valence-corrected chi connectivity index (χ1v) is 9.08. The van der Waals surface area contributed by atoms with E-state index in [9.17, 15) is 13.2 Å². The molecule has 1 aromatic rings. The fraction of sp³-hybridized carbons (Fsp3) is 0.533. The van der Waals surface area contributed by atoms with Crippen LogP contribution in [0.15, 0.2) is 30.3 Å². The predicted molar refractivity (Wildman–Crippen MR) is 82.6 cm³/mol. The van der Waals surface area contributed by atoms with Crippen molar-refractivity contribution in [3.63, 3.8) is 0 Å². The molecule has 1 amide bonds. The van der Waals surface area contributed by atoms with E-state index in [1.54, 1.807) is 4.90 Å². The molecule has 1 heterocycles. The number of benzene rings is 1. The molecule has 1 aliphatic rings. The van der Waals surface area contributed by atoms with Crippen LogP contribution in [0.4, 0.5) is 0 Å². The minimum atomic E-state index is -2.96. The molecule has 0 saturated carbocycles. The second-order valence-electron chi connectivity index (χ2n) is 5.33. The number of carbonyl (C=O) groups excluding carboxylic acids is 1. The molecule has 0 aromatic heterocycles. The number of likely N-dealkylation sites (N-methyl/N-ethyl adjacent to an activating group) is 1. The normalized spacial score (nSPS) is 20.3. The zero-order valence-electron chi connectivity index (χ0n) is 12.3. The summed E-state index contributed by atoms with van der Waals surface area (Å²) in [6.07, 6.45) is 0.556. The molecule has 21 heavy (non-hydrogen) atoms. The van der Waals surface area contributed by atoms with Gasteiger partial charge in [0, 0.05) is 19.1 Å². The molecule has 0 radical (unpaired) electrons. The van der Waals surface area contributed by atoms with Crippen molar-refractivity contribution in [2.45, 2.75) is 25.9 Å². The molecule has 0 spiro atoms. The standard InChI is InChI=1S/C15H22N2O3S/c1-2-17(14-8-9-21(19,20)12-14)15(18)11-16-10-13-6-4-3-5-7-13/h3-7,14,16H,2,8-12H2,1H3. The second kappa shape index (κ2) is 7.04. The first-order valence-electron chi connectivity index (χ1n) is 7.26. The van der Waals surface area contributed by atoms with Gasteiger partial charge in [0.1, 0.15) is 0 Å². The first kappa shape index (κ1) is 16.0. The maximum atomic E-state index is 12.2. The fourth-order valence-electron chi connectivity index (χ4n) is 2.67. The Morgan fingerprint density at radius 1 is 1.33 bits per heavy atom. The van der Waals surface area contributed by atoms with Crippen molar-refractivity contribution in [1.82, 2.24) is 10.2 Å². The summed E-state index contributed by atoms with van der Waals surface area (Å²) in [5.74, 6) is 0.264. The zero-order chi connectivity index (χ0) is 15.3. The van der Waals surface area contributed by atoms with Gasteiger partial charge in [-0.1, -0.05) is 30.3 Å². The Labute approximate surface area is 126 Å². The summed E-state index contributed by atoms with van der Waals surface area (Å²) in [6, 6.07) is 9.71. The van der Waals surface area contributed by atoms with Crippen molar-refractivity contribution in [2.75, 3.05) is 24.6 Å². The Balaban J connectivity index is 1.83. The number of hydrogen-bond acceptors (Lipinski definition) is 4. The van der Waals surface area contributed by atoms with Crippen LogP contribution in [-0.4, -0.2) is 49.9 Å². The Kier molecular flexibility index (Phi) is 5.36. The molecule has 5 nitrogen and oxygen atoms in total. The van der Waals surface area contributed by atoms with Crippen molar-refractivity contribution in [2.24, 2.45) is 0 Å². The maximum Gasteiger partial charge on any atom is 0.236 e. The van der Waals surface area contributed by atoms with Gasteiger partial charge in [-0.25, -0.2) is 8.42 Å². The largest absolute Gasteiger partial charge is 0.338 e. The summed E-state index contributed by atoms with van der Waals surface area (Å²) in [6.45, 7) is 3.30. The van der Waals surface area contributed by atoms with Crippen LogP contribution in [0.25, 0.3) is 0 Å². The van der Waals surface area contributed by atoms with E-state index in [-0.39, 0.29) is 30.0 Å². The molecular weight excluding hydrogens is 288 g/mol. The van der Waals surface area contributed by atoms with Crippen molar-refractivity contribution in [3.8, 4) is 0 Å². The van der Waals surface area contributed by atoms with Crippen LogP contribution in [0, 0.1) is 0 Å². The molecule has 0 bridgehead atoms. The SMILES string of the molecule is CCN(C(=O)CNCc1ccccc1)C1CCS(=O)(=O)C1. The molecule has 6 heteroatoms. The molecular formula is C15H22N2O3S. The van der Waals surface area contributed by atoms with Crippen molar-refractivity contribution >= 4 is 15.7 Å². The number of rotatable bonds is 6. The third kappa shape index (κ3) is 4.54. The Morgan fingerprint density at radius 2 is 2.05 bits per heavy atom. The van der Waals surface area contributed by atoms with Gasteiger partial charge >= 0.3 is 0 Å². The minimum absolute atomic E-state index is 0.0319. The van der Waals surface area contributed by atoms with Crippen molar-refractivity contribution in [3.05, 3.63) is 35.9 Å². The molecule has 1 saturated heterocycles. The van der Waals surface area contributed by atoms with E-state index >= 15 is 0 Å². The molecule has 1 fully saturated rings. The van der Waals surface area contributed by atoms with Crippen LogP contribution < -0.4 is 5.32 Å². The molecule has 1 aliphatic heterocycles. The van der Waals surface area contributed by atoms with Gasteiger partial charge in [0.25, 0.3) is 0 Å². The highest BCUT2D eigenvalue weighted by Crippen LogP contribution is 2.17. The van der Waals surface area contributed by atoms with E-state index in [1.165, 1.54) is 0 Å². The first-order chi connectivity index (χ1) is 10.0. The summed E-state index contributed by atoms with van der Waals surface area (Å²) in [4.78, 5) is 13.9. The molecule has 1 atom stereocenters. The lowest BCUT2D eigenvalue weighted by molar-refractivity contribution is -0.131. The average Bonchev–Trinajstić information content (AvgIpc) is 2.81. The predicted octanol–water partition coefficient (Wildman–Crippen LogP) is 0.812. The lowest BCUT2D eigenvalue weighted by atomic mass is 10.2. The van der Waals surface area contributed by atoms with Gasteiger partial charge in [-0.3, -0.25) is 4.79 Å². The molecule has 116 valence electrons. The van der Waals surface area contributed by atoms with E-state index in [1.807, 2.05) is 37.3 Å². The van der Waals surface area contributed by atoms with Gasteiger partial charge in [-0.15, -0.1) is 0 Å². The van der Waals surface area contributed by atoms with Crippen LogP contribution in [0.3, 0.4) is 0 Å². The minimum Gasteiger partial charge on any atom is -0.338 e. The zero-order valence-corrected chi connectivity index (χ0v) is 13.1. The van der Waals surface area contributed by atoms with Crippen molar-refractivity contribution < 1.29 is 13.2 Å². The second-order valence-corrected chi connectivity index (χ2v) is 7.55. The smallest absolute Gasteiger partial charge is 0.236 e. The van der Waals surface area contributed by atoms with Crippen LogP contribution in [0.1, 0.15) is 18.9 Å². The monoisotopic (exact) mass is 310 g/mol. The lowest BCUT2D eigenvalue weighted by Crippen LogP contribution is -2.45. The number of hydrogen-bond donors (Lipinski definition) is 1. The number of amides is 1. The molecule has 1 N–H and O–H groups in total. The van der Waals surface area contributed by atoms with Crippen molar-refractivity contribution in [1.29, 1.82) is 0 Å². The number of carbonyl (C=O) groups is 1. The summed E-state index contributed by atoms with van der Waals surface area (Å²) < 4.78 is 23.1. The van der Waals surface area contributed by atoms with Crippen LogP contribution >= 0.6 is 0 Å². The molecule has 1 aromatic carbocycles. The Hall–Kier alpha value is -1.40. The third-order valence-electron chi connectivity index (χ3n) is 3.76. The fourth-order valence-corrected chi connectivity index (χ4v) is 4.40. The Bertz CT molecular complexity index is 572. The maximum absolute atomic E-state index is 12.2. The van der Waals surface area contributed by atoms with E-state index in [2.05, 4.69) is 5.32 Å². The number of nitrogens with one attached hydrogen (secondary N) is 1. The quantitative estimate of drug-likeness (QED) is 0.844. The highest BCUT2D eigenvalue weighted by molar-refractivity contribution is 7.91. The number of sulfone groups is 1. The van der Waals surface area contributed by atoms with Crippen LogP contribution in [0.2, 0.25) is 0 Å². The lowest BCUT2D eigenvalue weighted by Gasteiger charge is -2.27. The molecule has 2 rings (SSSR count). The summed E-state index contributed by atoms with van der Waals surface area (Å²) in [5, 5.41) is 3.12. The van der Waals surface area contributed by atoms with Gasteiger partial charge in [-0.05, 0) is 18.9 Å². The van der Waals surface area contributed by atoms with E-state index in [4.69, 9.17) is 0 Å². The summed E-state index contributed by atoms with van der Waals surface area (Å²) >= 11 is 0. The van der Waals surface area contributed by atoms with E-state index < -0.39 is 9.84 Å². The van der Waals surface area contributed by atoms with Gasteiger partial charge in [0.2, 0.25) is 5.91 Å². The number of nitrogens with zero attached hydrogens (tertiary/aromatic N) is 1. The Morgan fingerprint density at radius 3 is 2.62 bits per heavy atom. The third-order valence-corrected chi connectivity index (χ3v) is 5.51. The topological polar surface area (TPSA) is 66.5 Å². The van der Waals surface area contributed by atoms with Gasteiger partial charge in [-0.2, -0.15) is 0 Å². The highest BCUT2D eigenvalue weighted by Gasteiger charge is 2.33. The van der Waals surface area contributed by atoms with Gasteiger partial charge < -0.3 is 10.2 Å². The average molecular weight is 310 g/mol. The van der Waals surface area contributed by atoms with E-state index in [0.717, 1.165) is 5.56 Å². The summed E-state index contributed by atoms with van der Waals surface area (Å²) in [5.41, 5.74) is 1.12. The highest BCUT2D eigenvalue weighted by atomic mass is 32.2. The van der Waals surface area contributed by atoms with Gasteiger partial charge in [0.05, 0.1) is 18.1 Å². The van der Waals surface area contributed by atoms with Crippen LogP contribution in [-0.2, 0) is 21.2 Å². The molecule has 1 unspecified atom stereocenters.